The Bertz CT molecular complexity index is 676. The highest BCUT2D eigenvalue weighted by atomic mass is 19.1. The van der Waals surface area contributed by atoms with Crippen molar-refractivity contribution in [3.05, 3.63) is 65.5 Å². The fourth-order valence-electron chi connectivity index (χ4n) is 3.22. The second kappa shape index (κ2) is 8.65. The molecule has 1 fully saturated rings. The van der Waals surface area contributed by atoms with Gasteiger partial charge in [-0.25, -0.2) is 4.39 Å². The summed E-state index contributed by atoms with van der Waals surface area (Å²) >= 11 is 0. The van der Waals surface area contributed by atoms with Crippen molar-refractivity contribution in [3.63, 3.8) is 0 Å². The zero-order valence-corrected chi connectivity index (χ0v) is 14.5. The summed E-state index contributed by atoms with van der Waals surface area (Å²) in [5.74, 6) is -0.481. The number of nitrogens with zero attached hydrogens (tertiary/aromatic N) is 1. The number of anilines is 1. The van der Waals surface area contributed by atoms with E-state index in [2.05, 4.69) is 34.5 Å². The summed E-state index contributed by atoms with van der Waals surface area (Å²) in [7, 11) is 0. The lowest BCUT2D eigenvalue weighted by Crippen LogP contribution is -2.29. The Labute approximate surface area is 148 Å². The SMILES string of the molecule is O=C(NCCCc1ccc(N2CCCCC2)cc1)c1ccc(F)cc1. The van der Waals surface area contributed by atoms with Crippen LogP contribution < -0.4 is 10.2 Å². The molecule has 1 aliphatic rings. The lowest BCUT2D eigenvalue weighted by atomic mass is 10.1. The van der Waals surface area contributed by atoms with Gasteiger partial charge in [0.25, 0.3) is 5.91 Å². The van der Waals surface area contributed by atoms with E-state index in [4.69, 9.17) is 0 Å². The van der Waals surface area contributed by atoms with Gasteiger partial charge in [0.1, 0.15) is 5.82 Å². The average molecular weight is 340 g/mol. The van der Waals surface area contributed by atoms with Gasteiger partial charge in [-0.2, -0.15) is 0 Å². The molecule has 2 aromatic rings. The first-order chi connectivity index (χ1) is 12.2. The largest absolute Gasteiger partial charge is 0.372 e. The summed E-state index contributed by atoms with van der Waals surface area (Å²) < 4.78 is 12.9. The van der Waals surface area contributed by atoms with Gasteiger partial charge < -0.3 is 10.2 Å². The van der Waals surface area contributed by atoms with E-state index < -0.39 is 0 Å². The van der Waals surface area contributed by atoms with Gasteiger partial charge in [0.05, 0.1) is 0 Å². The lowest BCUT2D eigenvalue weighted by Gasteiger charge is -2.28. The lowest BCUT2D eigenvalue weighted by molar-refractivity contribution is 0.0953. The Balaban J connectivity index is 1.41. The maximum Gasteiger partial charge on any atom is 0.251 e. The van der Waals surface area contributed by atoms with E-state index in [1.165, 1.54) is 54.8 Å². The topological polar surface area (TPSA) is 32.3 Å². The second-order valence-electron chi connectivity index (χ2n) is 6.58. The van der Waals surface area contributed by atoms with Crippen LogP contribution >= 0.6 is 0 Å². The summed E-state index contributed by atoms with van der Waals surface area (Å²) in [5.41, 5.74) is 3.09. The van der Waals surface area contributed by atoms with Crippen LogP contribution in [0, 0.1) is 5.82 Å². The molecule has 1 aliphatic heterocycles. The number of piperidine rings is 1. The van der Waals surface area contributed by atoms with Gasteiger partial charge in [-0.3, -0.25) is 4.79 Å². The van der Waals surface area contributed by atoms with Crippen LogP contribution in [-0.4, -0.2) is 25.5 Å². The number of carbonyl (C=O) groups excluding carboxylic acids is 1. The van der Waals surface area contributed by atoms with Gasteiger partial charge in [0.15, 0.2) is 0 Å². The average Bonchev–Trinajstić information content (AvgIpc) is 2.67. The van der Waals surface area contributed by atoms with Crippen LogP contribution in [0.2, 0.25) is 0 Å². The van der Waals surface area contributed by atoms with Gasteiger partial charge >= 0.3 is 0 Å². The zero-order valence-electron chi connectivity index (χ0n) is 14.5. The molecule has 4 heteroatoms. The predicted molar refractivity (Wildman–Crippen MR) is 99.6 cm³/mol. The van der Waals surface area contributed by atoms with E-state index in [1.54, 1.807) is 0 Å². The second-order valence-corrected chi connectivity index (χ2v) is 6.58. The van der Waals surface area contributed by atoms with Crippen LogP contribution in [-0.2, 0) is 6.42 Å². The molecule has 0 aromatic heterocycles. The first-order valence-corrected chi connectivity index (χ1v) is 9.10. The molecule has 0 aliphatic carbocycles. The quantitative estimate of drug-likeness (QED) is 0.800. The Kier molecular flexibility index (Phi) is 6.04. The van der Waals surface area contributed by atoms with Crippen molar-refractivity contribution in [2.24, 2.45) is 0 Å². The van der Waals surface area contributed by atoms with Crippen LogP contribution in [0.15, 0.2) is 48.5 Å². The molecule has 0 saturated carbocycles. The highest BCUT2D eigenvalue weighted by Crippen LogP contribution is 2.20. The van der Waals surface area contributed by atoms with E-state index in [9.17, 15) is 9.18 Å². The van der Waals surface area contributed by atoms with Crippen LogP contribution in [0.25, 0.3) is 0 Å². The normalized spacial score (nSPS) is 14.4. The van der Waals surface area contributed by atoms with Gasteiger partial charge in [0.2, 0.25) is 0 Å². The summed E-state index contributed by atoms with van der Waals surface area (Å²) in [5, 5.41) is 2.88. The third kappa shape index (κ3) is 5.05. The number of hydrogen-bond donors (Lipinski definition) is 1. The number of rotatable bonds is 6. The molecule has 1 saturated heterocycles. The molecule has 3 nitrogen and oxygen atoms in total. The number of carbonyl (C=O) groups is 1. The number of benzene rings is 2. The monoisotopic (exact) mass is 340 g/mol. The smallest absolute Gasteiger partial charge is 0.251 e. The van der Waals surface area contributed by atoms with Crippen molar-refractivity contribution in [3.8, 4) is 0 Å². The van der Waals surface area contributed by atoms with Gasteiger partial charge in [-0.05, 0) is 74.1 Å². The molecule has 0 radical (unpaired) electrons. The number of hydrogen-bond acceptors (Lipinski definition) is 2. The van der Waals surface area contributed by atoms with Crippen molar-refractivity contribution >= 4 is 11.6 Å². The first-order valence-electron chi connectivity index (χ1n) is 9.10. The number of aryl methyl sites for hydroxylation is 1. The molecule has 1 amide bonds. The minimum Gasteiger partial charge on any atom is -0.372 e. The zero-order chi connectivity index (χ0) is 17.5. The highest BCUT2D eigenvalue weighted by molar-refractivity contribution is 5.94. The van der Waals surface area contributed by atoms with E-state index in [0.717, 1.165) is 25.9 Å². The van der Waals surface area contributed by atoms with Crippen LogP contribution in [0.4, 0.5) is 10.1 Å². The molecule has 0 bridgehead atoms. The Morgan fingerprint density at radius 1 is 0.960 bits per heavy atom. The Hall–Kier alpha value is -2.36. The number of amides is 1. The molecule has 0 spiro atoms. The summed E-state index contributed by atoms with van der Waals surface area (Å²) in [6.07, 6.45) is 5.74. The van der Waals surface area contributed by atoms with E-state index in [0.29, 0.717) is 12.1 Å². The molecule has 132 valence electrons. The van der Waals surface area contributed by atoms with Crippen molar-refractivity contribution in [1.82, 2.24) is 5.32 Å². The standard InChI is InChI=1S/C21H25FN2O/c22-19-10-8-18(9-11-19)21(25)23-14-4-5-17-6-12-20(13-7-17)24-15-2-1-3-16-24/h6-13H,1-5,14-16H2,(H,23,25). The molecule has 1 N–H and O–H groups in total. The van der Waals surface area contributed by atoms with Crippen molar-refractivity contribution in [1.29, 1.82) is 0 Å². The fraction of sp³-hybridized carbons (Fsp3) is 0.381. The van der Waals surface area contributed by atoms with Crippen LogP contribution in [0.3, 0.4) is 0 Å². The summed E-state index contributed by atoms with van der Waals surface area (Å²) in [6, 6.07) is 14.4. The molecule has 25 heavy (non-hydrogen) atoms. The van der Waals surface area contributed by atoms with E-state index in [-0.39, 0.29) is 11.7 Å². The number of halogens is 1. The van der Waals surface area contributed by atoms with E-state index in [1.807, 2.05) is 0 Å². The van der Waals surface area contributed by atoms with Crippen molar-refractivity contribution in [2.75, 3.05) is 24.5 Å². The molecule has 3 rings (SSSR count). The number of nitrogens with one attached hydrogen (secondary N) is 1. The predicted octanol–water partition coefficient (Wildman–Crippen LogP) is 4.18. The van der Waals surface area contributed by atoms with Crippen LogP contribution in [0.1, 0.15) is 41.6 Å². The molecule has 1 heterocycles. The van der Waals surface area contributed by atoms with Crippen molar-refractivity contribution in [2.45, 2.75) is 32.1 Å². The van der Waals surface area contributed by atoms with Crippen LogP contribution in [0.5, 0.6) is 0 Å². The molecular weight excluding hydrogens is 315 g/mol. The van der Waals surface area contributed by atoms with Crippen molar-refractivity contribution < 1.29 is 9.18 Å². The van der Waals surface area contributed by atoms with E-state index >= 15 is 0 Å². The maximum absolute atomic E-state index is 12.9. The third-order valence-electron chi connectivity index (χ3n) is 4.69. The minimum atomic E-state index is -0.329. The molecular formula is C21H25FN2O. The van der Waals surface area contributed by atoms with Gasteiger partial charge in [-0.15, -0.1) is 0 Å². The third-order valence-corrected chi connectivity index (χ3v) is 4.69. The van der Waals surface area contributed by atoms with Gasteiger partial charge in [-0.1, -0.05) is 12.1 Å². The fourth-order valence-corrected chi connectivity index (χ4v) is 3.22. The molecule has 2 aromatic carbocycles. The Morgan fingerprint density at radius 2 is 1.64 bits per heavy atom. The Morgan fingerprint density at radius 3 is 2.32 bits per heavy atom. The van der Waals surface area contributed by atoms with Gasteiger partial charge in [0, 0.05) is 30.9 Å². The highest BCUT2D eigenvalue weighted by Gasteiger charge is 2.10. The minimum absolute atomic E-state index is 0.152. The summed E-state index contributed by atoms with van der Waals surface area (Å²) in [6.45, 7) is 2.94. The molecule has 0 unspecified atom stereocenters. The molecule has 0 atom stereocenters. The maximum atomic E-state index is 12.9. The summed E-state index contributed by atoms with van der Waals surface area (Å²) in [4.78, 5) is 14.4. The first kappa shape index (κ1) is 17.5.